The third-order valence-corrected chi connectivity index (χ3v) is 5.30. The van der Waals surface area contributed by atoms with Crippen molar-refractivity contribution in [2.24, 2.45) is 0 Å². The van der Waals surface area contributed by atoms with E-state index in [4.69, 9.17) is 0 Å². The summed E-state index contributed by atoms with van der Waals surface area (Å²) in [5, 5.41) is 3.57. The van der Waals surface area contributed by atoms with Gasteiger partial charge >= 0.3 is 0 Å². The van der Waals surface area contributed by atoms with E-state index in [1.807, 2.05) is 13.0 Å². The van der Waals surface area contributed by atoms with Crippen LogP contribution < -0.4 is 5.32 Å². The summed E-state index contributed by atoms with van der Waals surface area (Å²) < 4.78 is 0. The summed E-state index contributed by atoms with van der Waals surface area (Å²) >= 11 is 1.74. The zero-order valence-corrected chi connectivity index (χ0v) is 13.3. The van der Waals surface area contributed by atoms with E-state index in [1.165, 1.54) is 24.8 Å². The minimum absolute atomic E-state index is 0.00660. The lowest BCUT2D eigenvalue weighted by Gasteiger charge is -2.25. The Bertz CT molecular complexity index is 414. The van der Waals surface area contributed by atoms with Crippen molar-refractivity contribution in [1.29, 1.82) is 0 Å². The topological polar surface area (TPSA) is 29.1 Å². The second-order valence-corrected chi connectivity index (χ2v) is 7.36. The van der Waals surface area contributed by atoms with Gasteiger partial charge < -0.3 is 5.32 Å². The van der Waals surface area contributed by atoms with Crippen molar-refractivity contribution in [2.45, 2.75) is 62.5 Å². The summed E-state index contributed by atoms with van der Waals surface area (Å²) in [5.74, 6) is 0.199. The van der Waals surface area contributed by atoms with Crippen LogP contribution >= 0.6 is 11.8 Å². The second kappa shape index (κ2) is 7.72. The van der Waals surface area contributed by atoms with Crippen LogP contribution in [0.1, 0.15) is 56.8 Å². The molecule has 1 saturated carbocycles. The third-order valence-electron chi connectivity index (χ3n) is 4.00. The number of thioether (sulfide) groups is 1. The van der Waals surface area contributed by atoms with Gasteiger partial charge in [0.1, 0.15) is 0 Å². The largest absolute Gasteiger partial charge is 0.352 e. The summed E-state index contributed by atoms with van der Waals surface area (Å²) in [6.45, 7) is 4.19. The van der Waals surface area contributed by atoms with Crippen molar-refractivity contribution >= 4 is 17.7 Å². The van der Waals surface area contributed by atoms with Gasteiger partial charge in [0.25, 0.3) is 0 Å². The molecule has 2 rings (SSSR count). The van der Waals surface area contributed by atoms with E-state index in [0.29, 0.717) is 11.3 Å². The predicted molar refractivity (Wildman–Crippen MR) is 86.9 cm³/mol. The number of rotatable bonds is 5. The molecule has 2 unspecified atom stereocenters. The zero-order chi connectivity index (χ0) is 14.4. The predicted octanol–water partition coefficient (Wildman–Crippen LogP) is 4.32. The van der Waals surface area contributed by atoms with E-state index in [1.54, 1.807) is 11.8 Å². The van der Waals surface area contributed by atoms with E-state index in [0.717, 1.165) is 12.8 Å². The zero-order valence-electron chi connectivity index (χ0n) is 12.5. The van der Waals surface area contributed by atoms with Gasteiger partial charge in [-0.05, 0) is 32.3 Å². The van der Waals surface area contributed by atoms with Crippen molar-refractivity contribution in [3.63, 3.8) is 0 Å². The van der Waals surface area contributed by atoms with Gasteiger partial charge in [0.05, 0.1) is 5.25 Å². The van der Waals surface area contributed by atoms with E-state index in [-0.39, 0.29) is 11.2 Å². The summed E-state index contributed by atoms with van der Waals surface area (Å²) in [5.41, 5.74) is 1.29. The maximum atomic E-state index is 12.2. The van der Waals surface area contributed by atoms with Crippen LogP contribution in [0, 0.1) is 0 Å². The molecule has 0 heterocycles. The Hall–Kier alpha value is -0.960. The molecule has 0 spiro atoms. The monoisotopic (exact) mass is 291 g/mol. The van der Waals surface area contributed by atoms with Gasteiger partial charge in [-0.25, -0.2) is 0 Å². The van der Waals surface area contributed by atoms with Crippen LogP contribution in [-0.4, -0.2) is 17.2 Å². The van der Waals surface area contributed by atoms with Crippen LogP contribution in [0.3, 0.4) is 0 Å². The summed E-state index contributed by atoms with van der Waals surface area (Å²) in [6.07, 6.45) is 6.14. The Labute approximate surface area is 126 Å². The van der Waals surface area contributed by atoms with E-state index < -0.39 is 0 Å². The average molecular weight is 291 g/mol. The van der Waals surface area contributed by atoms with Crippen LogP contribution in [0.25, 0.3) is 0 Å². The van der Waals surface area contributed by atoms with Gasteiger partial charge in [0, 0.05) is 11.3 Å². The fourth-order valence-corrected chi connectivity index (χ4v) is 3.85. The molecule has 3 heteroatoms. The molecule has 0 bridgehead atoms. The van der Waals surface area contributed by atoms with Crippen molar-refractivity contribution in [3.8, 4) is 0 Å². The number of amides is 1. The molecule has 1 aliphatic carbocycles. The third kappa shape index (κ3) is 4.55. The first-order chi connectivity index (χ1) is 9.66. The average Bonchev–Trinajstić information content (AvgIpc) is 2.49. The lowest BCUT2D eigenvalue weighted by atomic mass is 9.95. The molecule has 0 aromatic heterocycles. The van der Waals surface area contributed by atoms with E-state index in [9.17, 15) is 4.79 Å². The first-order valence-corrected chi connectivity index (χ1v) is 8.62. The first kappa shape index (κ1) is 15.4. The Morgan fingerprint density at radius 3 is 2.45 bits per heavy atom. The number of hydrogen-bond acceptors (Lipinski definition) is 2. The standard InChI is InChI=1S/C17H25NOS/c1-13(15-9-5-3-6-10-15)20-14(2)17(19)18-16-11-7-4-8-12-16/h3,5-6,9-10,13-14,16H,4,7-8,11-12H2,1-2H3,(H,18,19). The summed E-state index contributed by atoms with van der Waals surface area (Å²) in [6, 6.07) is 10.8. The second-order valence-electron chi connectivity index (χ2n) is 5.67. The molecule has 20 heavy (non-hydrogen) atoms. The first-order valence-electron chi connectivity index (χ1n) is 7.67. The molecule has 1 N–H and O–H groups in total. The Balaban J connectivity index is 1.81. The lowest BCUT2D eigenvalue weighted by Crippen LogP contribution is -2.40. The van der Waals surface area contributed by atoms with Gasteiger partial charge in [-0.15, -0.1) is 11.8 Å². The van der Waals surface area contributed by atoms with Crippen LogP contribution in [0.15, 0.2) is 30.3 Å². The molecule has 1 aliphatic rings. The molecule has 2 nitrogen and oxygen atoms in total. The maximum absolute atomic E-state index is 12.2. The number of nitrogens with one attached hydrogen (secondary N) is 1. The molecule has 1 aromatic carbocycles. The van der Waals surface area contributed by atoms with Gasteiger partial charge in [-0.3, -0.25) is 4.79 Å². The molecule has 0 aliphatic heterocycles. The highest BCUT2D eigenvalue weighted by molar-refractivity contribution is 8.00. The summed E-state index contributed by atoms with van der Waals surface area (Å²) in [4.78, 5) is 12.2. The van der Waals surface area contributed by atoms with Crippen LogP contribution in [-0.2, 0) is 4.79 Å². The van der Waals surface area contributed by atoms with Crippen LogP contribution in [0.5, 0.6) is 0 Å². The Morgan fingerprint density at radius 1 is 1.15 bits per heavy atom. The highest BCUT2D eigenvalue weighted by Gasteiger charge is 2.21. The molecule has 110 valence electrons. The Kier molecular flexibility index (Phi) is 5.96. The quantitative estimate of drug-likeness (QED) is 0.875. The highest BCUT2D eigenvalue weighted by Crippen LogP contribution is 2.31. The van der Waals surface area contributed by atoms with Gasteiger partial charge in [-0.2, -0.15) is 0 Å². The fraction of sp³-hybridized carbons (Fsp3) is 0.588. The number of hydrogen-bond donors (Lipinski definition) is 1. The van der Waals surface area contributed by atoms with Gasteiger partial charge in [0.15, 0.2) is 0 Å². The molecule has 0 saturated heterocycles. The lowest BCUT2D eigenvalue weighted by molar-refractivity contribution is -0.121. The molecular formula is C17H25NOS. The fourth-order valence-electron chi connectivity index (χ4n) is 2.74. The maximum Gasteiger partial charge on any atom is 0.233 e. The van der Waals surface area contributed by atoms with Crippen molar-refractivity contribution in [1.82, 2.24) is 5.32 Å². The van der Waals surface area contributed by atoms with Crippen LogP contribution in [0.2, 0.25) is 0 Å². The van der Waals surface area contributed by atoms with Crippen LogP contribution in [0.4, 0.5) is 0 Å². The molecule has 2 atom stereocenters. The molecule has 1 fully saturated rings. The van der Waals surface area contributed by atoms with E-state index in [2.05, 4.69) is 36.5 Å². The number of benzene rings is 1. The molecule has 1 amide bonds. The van der Waals surface area contributed by atoms with E-state index >= 15 is 0 Å². The minimum Gasteiger partial charge on any atom is -0.352 e. The molecule has 0 radical (unpaired) electrons. The Morgan fingerprint density at radius 2 is 1.80 bits per heavy atom. The summed E-state index contributed by atoms with van der Waals surface area (Å²) in [7, 11) is 0. The van der Waals surface area contributed by atoms with Crippen molar-refractivity contribution in [3.05, 3.63) is 35.9 Å². The SMILES string of the molecule is CC(SC(C)c1ccccc1)C(=O)NC1CCCCC1. The number of carbonyl (C=O) groups excluding carboxylic acids is 1. The molecular weight excluding hydrogens is 266 g/mol. The highest BCUT2D eigenvalue weighted by atomic mass is 32.2. The smallest absolute Gasteiger partial charge is 0.233 e. The minimum atomic E-state index is 0.00660. The van der Waals surface area contributed by atoms with Gasteiger partial charge in [-0.1, -0.05) is 49.6 Å². The molecule has 1 aromatic rings. The van der Waals surface area contributed by atoms with Gasteiger partial charge in [0.2, 0.25) is 5.91 Å². The van der Waals surface area contributed by atoms with Crippen molar-refractivity contribution < 1.29 is 4.79 Å². The normalized spacial score (nSPS) is 19.3. The number of carbonyl (C=O) groups is 1. The van der Waals surface area contributed by atoms with Crippen molar-refractivity contribution in [2.75, 3.05) is 0 Å².